The van der Waals surface area contributed by atoms with Crippen LogP contribution in [0.4, 0.5) is 16.2 Å². The molecule has 4 aromatic rings. The van der Waals surface area contributed by atoms with Crippen molar-refractivity contribution in [3.63, 3.8) is 0 Å². The maximum Gasteiger partial charge on any atom is 0.323 e. The molecule has 0 radical (unpaired) electrons. The number of ether oxygens (including phenoxy) is 1. The van der Waals surface area contributed by atoms with Crippen LogP contribution in [0.1, 0.15) is 12.5 Å². The van der Waals surface area contributed by atoms with Crippen LogP contribution in [0.3, 0.4) is 0 Å². The number of aryl methyl sites for hydroxylation is 1. The molecule has 156 valence electrons. The molecule has 0 aliphatic heterocycles. The van der Waals surface area contributed by atoms with E-state index in [9.17, 15) is 4.79 Å². The minimum Gasteiger partial charge on any atom is -0.494 e. The van der Waals surface area contributed by atoms with E-state index in [2.05, 4.69) is 15.6 Å². The number of carbonyl (C=O) groups is 1. The fourth-order valence-electron chi connectivity index (χ4n) is 3.09. The first kappa shape index (κ1) is 20.2. The predicted molar refractivity (Wildman–Crippen MR) is 122 cm³/mol. The third-order valence-corrected chi connectivity index (χ3v) is 4.64. The van der Waals surface area contributed by atoms with Gasteiger partial charge >= 0.3 is 6.03 Å². The Morgan fingerprint density at radius 2 is 1.68 bits per heavy atom. The van der Waals surface area contributed by atoms with Crippen LogP contribution in [0, 0.1) is 6.92 Å². The molecule has 4 rings (SSSR count). The zero-order valence-electron chi connectivity index (χ0n) is 17.4. The van der Waals surface area contributed by atoms with Crippen molar-refractivity contribution >= 4 is 17.4 Å². The number of hydrogen-bond acceptors (Lipinski definition) is 4. The fraction of sp³-hybridized carbons (Fsp3) is 0.120. The Bertz CT molecular complexity index is 1170. The van der Waals surface area contributed by atoms with Crippen LogP contribution in [0.5, 0.6) is 5.75 Å². The van der Waals surface area contributed by atoms with Gasteiger partial charge in [-0.15, -0.1) is 0 Å². The van der Waals surface area contributed by atoms with E-state index in [0.717, 1.165) is 22.6 Å². The molecule has 2 N–H and O–H groups in total. The Hall–Kier alpha value is -4.06. The number of urea groups is 1. The second-order valence-electron chi connectivity index (χ2n) is 7.02. The average molecular weight is 413 g/mol. The van der Waals surface area contributed by atoms with Crippen molar-refractivity contribution in [3.05, 3.63) is 84.6 Å². The van der Waals surface area contributed by atoms with Gasteiger partial charge in [0.2, 0.25) is 5.89 Å². The highest BCUT2D eigenvalue weighted by Crippen LogP contribution is 2.26. The molecule has 0 saturated heterocycles. The zero-order valence-corrected chi connectivity index (χ0v) is 17.4. The molecule has 0 spiro atoms. The molecule has 6 nitrogen and oxygen atoms in total. The summed E-state index contributed by atoms with van der Waals surface area (Å²) in [6.07, 6.45) is 1.64. The van der Waals surface area contributed by atoms with Gasteiger partial charge in [0, 0.05) is 22.5 Å². The Balaban J connectivity index is 1.43. The predicted octanol–water partition coefficient (Wildman–Crippen LogP) is 6.36. The number of rotatable bonds is 6. The normalized spacial score (nSPS) is 10.5. The SMILES string of the molecule is CCOc1ccc(NC(=O)Nc2cccc(-c3nc(-c4ccc(C)cc4)co3)c2)cc1. The van der Waals surface area contributed by atoms with Crippen molar-refractivity contribution in [2.75, 3.05) is 17.2 Å². The lowest BCUT2D eigenvalue weighted by Crippen LogP contribution is -2.19. The maximum atomic E-state index is 12.4. The lowest BCUT2D eigenvalue weighted by Gasteiger charge is -2.09. The number of nitrogens with one attached hydrogen (secondary N) is 2. The van der Waals surface area contributed by atoms with Crippen LogP contribution in [0.2, 0.25) is 0 Å². The molecule has 0 saturated carbocycles. The summed E-state index contributed by atoms with van der Waals surface area (Å²) in [6.45, 7) is 4.57. The summed E-state index contributed by atoms with van der Waals surface area (Å²) in [5.74, 6) is 1.25. The van der Waals surface area contributed by atoms with Gasteiger partial charge in [-0.05, 0) is 56.3 Å². The van der Waals surface area contributed by atoms with Crippen molar-refractivity contribution in [1.82, 2.24) is 4.98 Å². The number of benzene rings is 3. The number of anilines is 2. The Labute approximate surface area is 180 Å². The molecule has 0 bridgehead atoms. The topological polar surface area (TPSA) is 76.4 Å². The molecule has 2 amide bonds. The highest BCUT2D eigenvalue weighted by atomic mass is 16.5. The molecule has 0 unspecified atom stereocenters. The van der Waals surface area contributed by atoms with Crippen molar-refractivity contribution in [2.24, 2.45) is 0 Å². The van der Waals surface area contributed by atoms with E-state index in [4.69, 9.17) is 9.15 Å². The molecule has 3 aromatic carbocycles. The van der Waals surface area contributed by atoms with E-state index in [1.165, 1.54) is 5.56 Å². The summed E-state index contributed by atoms with van der Waals surface area (Å²) >= 11 is 0. The van der Waals surface area contributed by atoms with Crippen LogP contribution < -0.4 is 15.4 Å². The Kier molecular flexibility index (Phi) is 5.98. The monoisotopic (exact) mass is 413 g/mol. The summed E-state index contributed by atoms with van der Waals surface area (Å²) in [5, 5.41) is 5.64. The molecule has 31 heavy (non-hydrogen) atoms. The number of oxazole rings is 1. The third-order valence-electron chi connectivity index (χ3n) is 4.64. The van der Waals surface area contributed by atoms with Crippen molar-refractivity contribution in [3.8, 4) is 28.5 Å². The number of nitrogens with zero attached hydrogens (tertiary/aromatic N) is 1. The molecule has 6 heteroatoms. The minimum absolute atomic E-state index is 0.339. The molecular formula is C25H23N3O3. The van der Waals surface area contributed by atoms with Gasteiger partial charge in [0.25, 0.3) is 0 Å². The van der Waals surface area contributed by atoms with E-state index < -0.39 is 0 Å². The lowest BCUT2D eigenvalue weighted by molar-refractivity contribution is 0.262. The molecule has 1 aromatic heterocycles. The average Bonchev–Trinajstić information content (AvgIpc) is 3.26. The van der Waals surface area contributed by atoms with E-state index in [1.54, 1.807) is 18.4 Å². The molecule has 0 aliphatic rings. The maximum absolute atomic E-state index is 12.4. The molecule has 0 atom stereocenters. The van der Waals surface area contributed by atoms with E-state index in [0.29, 0.717) is 23.9 Å². The van der Waals surface area contributed by atoms with Gasteiger partial charge in [-0.1, -0.05) is 35.9 Å². The van der Waals surface area contributed by atoms with Crippen LogP contribution in [0.25, 0.3) is 22.7 Å². The summed E-state index contributed by atoms with van der Waals surface area (Å²) in [4.78, 5) is 16.9. The lowest BCUT2D eigenvalue weighted by atomic mass is 10.1. The zero-order chi connectivity index (χ0) is 21.6. The largest absolute Gasteiger partial charge is 0.494 e. The van der Waals surface area contributed by atoms with Gasteiger partial charge < -0.3 is 19.8 Å². The standard InChI is InChI=1S/C25H23N3O3/c1-3-30-22-13-11-20(12-14-22)26-25(29)27-21-6-4-5-19(15-21)24-28-23(16-31-24)18-9-7-17(2)8-10-18/h4-16H,3H2,1-2H3,(H2,26,27,29). The van der Waals surface area contributed by atoms with Crippen LogP contribution >= 0.6 is 0 Å². The quantitative estimate of drug-likeness (QED) is 0.386. The first-order chi connectivity index (χ1) is 15.1. The number of amides is 2. The smallest absolute Gasteiger partial charge is 0.323 e. The van der Waals surface area contributed by atoms with Crippen LogP contribution in [0.15, 0.2) is 83.5 Å². The Morgan fingerprint density at radius 3 is 2.42 bits per heavy atom. The first-order valence-electron chi connectivity index (χ1n) is 10.0. The highest BCUT2D eigenvalue weighted by molar-refractivity contribution is 6.00. The first-order valence-corrected chi connectivity index (χ1v) is 10.0. The van der Waals surface area contributed by atoms with E-state index in [1.807, 2.05) is 74.5 Å². The number of hydrogen-bond donors (Lipinski definition) is 2. The van der Waals surface area contributed by atoms with Gasteiger partial charge in [0.15, 0.2) is 0 Å². The van der Waals surface area contributed by atoms with Gasteiger partial charge in [-0.2, -0.15) is 0 Å². The minimum atomic E-state index is -0.339. The highest BCUT2D eigenvalue weighted by Gasteiger charge is 2.10. The summed E-state index contributed by atoms with van der Waals surface area (Å²) in [7, 11) is 0. The number of carbonyl (C=O) groups excluding carboxylic acids is 1. The van der Waals surface area contributed by atoms with Crippen molar-refractivity contribution in [2.45, 2.75) is 13.8 Å². The van der Waals surface area contributed by atoms with Crippen LogP contribution in [-0.4, -0.2) is 17.6 Å². The fourth-order valence-corrected chi connectivity index (χ4v) is 3.09. The summed E-state index contributed by atoms with van der Waals surface area (Å²) in [6, 6.07) is 22.3. The Morgan fingerprint density at radius 1 is 0.935 bits per heavy atom. The number of aromatic nitrogens is 1. The molecule has 0 aliphatic carbocycles. The summed E-state index contributed by atoms with van der Waals surface area (Å²) in [5.41, 5.74) is 5.03. The van der Waals surface area contributed by atoms with Gasteiger partial charge in [-0.3, -0.25) is 0 Å². The molecule has 1 heterocycles. The van der Waals surface area contributed by atoms with Crippen molar-refractivity contribution < 1.29 is 13.9 Å². The van der Waals surface area contributed by atoms with Crippen molar-refractivity contribution in [1.29, 1.82) is 0 Å². The van der Waals surface area contributed by atoms with E-state index in [-0.39, 0.29) is 6.03 Å². The van der Waals surface area contributed by atoms with Gasteiger partial charge in [-0.25, -0.2) is 9.78 Å². The molecular weight excluding hydrogens is 390 g/mol. The van der Waals surface area contributed by atoms with E-state index >= 15 is 0 Å². The second-order valence-corrected chi connectivity index (χ2v) is 7.02. The van der Waals surface area contributed by atoms with Gasteiger partial charge in [0.1, 0.15) is 17.7 Å². The molecule has 0 fully saturated rings. The van der Waals surface area contributed by atoms with Gasteiger partial charge in [0.05, 0.1) is 6.61 Å². The summed E-state index contributed by atoms with van der Waals surface area (Å²) < 4.78 is 11.1. The third kappa shape index (κ3) is 5.11. The second kappa shape index (κ2) is 9.17. The van der Waals surface area contributed by atoms with Crippen LogP contribution in [-0.2, 0) is 0 Å².